The highest BCUT2D eigenvalue weighted by Crippen LogP contribution is 2.13. The van der Waals surface area contributed by atoms with Gasteiger partial charge in [-0.25, -0.2) is 18.4 Å². The number of hydrogen-bond donors (Lipinski definition) is 1. The molecule has 1 aliphatic heterocycles. The lowest BCUT2D eigenvalue weighted by molar-refractivity contribution is 0.259. The Hall–Kier alpha value is -2.40. The van der Waals surface area contributed by atoms with Crippen molar-refractivity contribution in [2.24, 2.45) is 10.9 Å². The van der Waals surface area contributed by atoms with Gasteiger partial charge in [0, 0.05) is 57.7 Å². The van der Waals surface area contributed by atoms with Crippen molar-refractivity contribution in [2.75, 3.05) is 32.7 Å². The summed E-state index contributed by atoms with van der Waals surface area (Å²) < 4.78 is 33.6. The van der Waals surface area contributed by atoms with Crippen LogP contribution < -0.4 is 5.32 Å². The van der Waals surface area contributed by atoms with E-state index < -0.39 is 10.0 Å². The van der Waals surface area contributed by atoms with Gasteiger partial charge in [0.05, 0.1) is 5.69 Å². The monoisotopic (exact) mass is 437 g/mol. The van der Waals surface area contributed by atoms with Crippen molar-refractivity contribution in [3.05, 3.63) is 36.2 Å². The van der Waals surface area contributed by atoms with Gasteiger partial charge in [-0.2, -0.15) is 4.31 Å². The number of hydrogen-bond acceptors (Lipinski definition) is 6. The predicted octanol–water partition coefficient (Wildman–Crippen LogP) is 1.14. The maximum Gasteiger partial charge on any atom is 0.220 e. The van der Waals surface area contributed by atoms with Gasteiger partial charge in [-0.1, -0.05) is 19.0 Å². The minimum Gasteiger partial charge on any atom is -0.364 e. The highest BCUT2D eigenvalue weighted by atomic mass is 32.2. The number of aliphatic imine (C=N–C) groups is 1. The molecule has 1 N–H and O–H groups in total. The molecule has 0 aromatic carbocycles. The summed E-state index contributed by atoms with van der Waals surface area (Å²) in [6.07, 6.45) is 5.17. The van der Waals surface area contributed by atoms with Gasteiger partial charge in [-0.15, -0.1) is 0 Å². The van der Waals surface area contributed by atoms with E-state index in [9.17, 15) is 8.42 Å². The molecular weight excluding hydrogens is 406 g/mol. The van der Waals surface area contributed by atoms with Crippen LogP contribution in [0.4, 0.5) is 0 Å². The first-order valence-electron chi connectivity index (χ1n) is 10.3. The summed E-state index contributed by atoms with van der Waals surface area (Å²) in [5.74, 6) is 2.09. The second kappa shape index (κ2) is 10.1. The fourth-order valence-electron chi connectivity index (χ4n) is 3.39. The van der Waals surface area contributed by atoms with E-state index in [1.54, 1.807) is 12.3 Å². The van der Waals surface area contributed by atoms with Crippen molar-refractivity contribution in [1.82, 2.24) is 29.2 Å². The Bertz CT molecular complexity index is 914. The van der Waals surface area contributed by atoms with E-state index in [1.807, 2.05) is 13.1 Å². The molecule has 1 aliphatic rings. The SMILES string of the molecule is CCNC(=NCc1nccn1CC(C)C)N1CCN(S(=O)(=O)Cc2ccon2)CC1. The van der Waals surface area contributed by atoms with Crippen molar-refractivity contribution in [2.45, 2.75) is 39.6 Å². The quantitative estimate of drug-likeness (QED) is 0.487. The Kier molecular flexibility index (Phi) is 7.48. The molecular formula is C19H31N7O3S. The van der Waals surface area contributed by atoms with Crippen LogP contribution in [-0.4, -0.2) is 71.0 Å². The Morgan fingerprint density at radius 3 is 2.70 bits per heavy atom. The third-order valence-corrected chi connectivity index (χ3v) is 6.63. The largest absolute Gasteiger partial charge is 0.364 e. The van der Waals surface area contributed by atoms with Gasteiger partial charge in [0.1, 0.15) is 24.4 Å². The molecule has 3 rings (SSSR count). The average Bonchev–Trinajstić information content (AvgIpc) is 3.36. The number of rotatable bonds is 8. The van der Waals surface area contributed by atoms with E-state index in [0.717, 1.165) is 24.9 Å². The van der Waals surface area contributed by atoms with Crippen LogP contribution in [0, 0.1) is 5.92 Å². The molecule has 1 saturated heterocycles. The van der Waals surface area contributed by atoms with E-state index in [1.165, 1.54) is 10.6 Å². The molecule has 2 aromatic heterocycles. The predicted molar refractivity (Wildman–Crippen MR) is 114 cm³/mol. The first-order valence-corrected chi connectivity index (χ1v) is 11.9. The number of sulfonamides is 1. The fourth-order valence-corrected chi connectivity index (χ4v) is 4.82. The van der Waals surface area contributed by atoms with Crippen molar-refractivity contribution in [3.63, 3.8) is 0 Å². The second-order valence-corrected chi connectivity index (χ2v) is 9.66. The van der Waals surface area contributed by atoms with E-state index in [-0.39, 0.29) is 5.75 Å². The highest BCUT2D eigenvalue weighted by Gasteiger charge is 2.29. The molecule has 11 heteroatoms. The van der Waals surface area contributed by atoms with Crippen molar-refractivity contribution in [1.29, 1.82) is 0 Å². The van der Waals surface area contributed by atoms with Gasteiger partial charge in [-0.05, 0) is 12.8 Å². The van der Waals surface area contributed by atoms with Gasteiger partial charge in [0.2, 0.25) is 10.0 Å². The van der Waals surface area contributed by atoms with Crippen molar-refractivity contribution >= 4 is 16.0 Å². The second-order valence-electron chi connectivity index (χ2n) is 7.69. The molecule has 30 heavy (non-hydrogen) atoms. The van der Waals surface area contributed by atoms with Crippen LogP contribution in [0.5, 0.6) is 0 Å². The smallest absolute Gasteiger partial charge is 0.220 e. The summed E-state index contributed by atoms with van der Waals surface area (Å²) in [4.78, 5) is 11.3. The van der Waals surface area contributed by atoms with Gasteiger partial charge in [0.15, 0.2) is 5.96 Å². The number of nitrogens with one attached hydrogen (secondary N) is 1. The first-order chi connectivity index (χ1) is 14.4. The van der Waals surface area contributed by atoms with Crippen molar-refractivity contribution in [3.8, 4) is 0 Å². The van der Waals surface area contributed by atoms with E-state index >= 15 is 0 Å². The lowest BCUT2D eigenvalue weighted by Gasteiger charge is -2.35. The Labute approximate surface area is 178 Å². The number of piperazine rings is 1. The summed E-state index contributed by atoms with van der Waals surface area (Å²) in [6, 6.07) is 1.58. The molecule has 10 nitrogen and oxygen atoms in total. The van der Waals surface area contributed by atoms with Crippen LogP contribution in [0.15, 0.2) is 34.2 Å². The third-order valence-electron chi connectivity index (χ3n) is 4.82. The van der Waals surface area contributed by atoms with E-state index in [4.69, 9.17) is 9.52 Å². The number of nitrogens with zero attached hydrogens (tertiary/aromatic N) is 6. The molecule has 166 valence electrons. The molecule has 0 bridgehead atoms. The first kappa shape index (κ1) is 22.3. The van der Waals surface area contributed by atoms with Gasteiger partial charge < -0.3 is 19.3 Å². The lowest BCUT2D eigenvalue weighted by Crippen LogP contribution is -2.53. The number of imidazole rings is 1. The zero-order valence-electron chi connectivity index (χ0n) is 17.9. The maximum absolute atomic E-state index is 12.6. The van der Waals surface area contributed by atoms with E-state index in [0.29, 0.717) is 44.3 Å². The topological polar surface area (TPSA) is 109 Å². The zero-order valence-corrected chi connectivity index (χ0v) is 18.7. The van der Waals surface area contributed by atoms with Gasteiger partial charge >= 0.3 is 0 Å². The minimum absolute atomic E-state index is 0.143. The molecule has 0 spiro atoms. The maximum atomic E-state index is 12.6. The summed E-state index contributed by atoms with van der Waals surface area (Å²) in [7, 11) is -3.42. The molecule has 2 aromatic rings. The van der Waals surface area contributed by atoms with Crippen molar-refractivity contribution < 1.29 is 12.9 Å². The summed E-state index contributed by atoms with van der Waals surface area (Å²) in [5.41, 5.74) is 0.421. The van der Waals surface area contributed by atoms with Crippen LogP contribution in [0.2, 0.25) is 0 Å². The normalized spacial score (nSPS) is 16.4. The summed E-state index contributed by atoms with van der Waals surface area (Å²) in [5, 5.41) is 7.02. The van der Waals surface area contributed by atoms with Crippen LogP contribution in [0.1, 0.15) is 32.3 Å². The Balaban J connectivity index is 1.61. The molecule has 0 aliphatic carbocycles. The Morgan fingerprint density at radius 2 is 2.07 bits per heavy atom. The highest BCUT2D eigenvalue weighted by molar-refractivity contribution is 7.88. The van der Waals surface area contributed by atoms with Gasteiger partial charge in [0.25, 0.3) is 0 Å². The number of guanidine groups is 1. The molecule has 0 atom stereocenters. The Morgan fingerprint density at radius 1 is 1.30 bits per heavy atom. The average molecular weight is 438 g/mol. The molecule has 0 unspecified atom stereocenters. The summed E-state index contributed by atoms with van der Waals surface area (Å²) in [6.45, 7) is 10.5. The molecule has 3 heterocycles. The number of aromatic nitrogens is 3. The van der Waals surface area contributed by atoms with E-state index in [2.05, 4.69) is 38.8 Å². The minimum atomic E-state index is -3.42. The zero-order chi connectivity index (χ0) is 21.6. The van der Waals surface area contributed by atoms with Crippen LogP contribution in [-0.2, 0) is 28.9 Å². The third kappa shape index (κ3) is 5.82. The van der Waals surface area contributed by atoms with Crippen LogP contribution in [0.25, 0.3) is 0 Å². The fraction of sp³-hybridized carbons (Fsp3) is 0.632. The molecule has 0 saturated carbocycles. The molecule has 0 radical (unpaired) electrons. The standard InChI is InChI=1S/C19H31N7O3S/c1-4-20-19(22-13-18-21-6-7-25(18)14-16(2)3)24-8-10-26(11-9-24)30(27,28)15-17-5-12-29-23-17/h5-7,12,16H,4,8-11,13-15H2,1-3H3,(H,20,22). The molecule has 0 amide bonds. The lowest BCUT2D eigenvalue weighted by atomic mass is 10.2. The van der Waals surface area contributed by atoms with Crippen LogP contribution in [0.3, 0.4) is 0 Å². The van der Waals surface area contributed by atoms with Crippen LogP contribution >= 0.6 is 0 Å². The van der Waals surface area contributed by atoms with Gasteiger partial charge in [-0.3, -0.25) is 0 Å². The molecule has 1 fully saturated rings. The summed E-state index contributed by atoms with van der Waals surface area (Å²) >= 11 is 0.